The number of fused-ring (bicyclic) bond motifs is 6. The second-order valence-corrected chi connectivity index (χ2v) is 15.7. The van der Waals surface area contributed by atoms with Gasteiger partial charge >= 0.3 is 12.2 Å². The number of hydrogen-bond acceptors (Lipinski definition) is 8. The van der Waals surface area contributed by atoms with E-state index in [1.165, 1.54) is 5.56 Å². The fourth-order valence-electron chi connectivity index (χ4n) is 6.84. The maximum Gasteiger partial charge on any atom is 0.410 e. The summed E-state index contributed by atoms with van der Waals surface area (Å²) in [5.74, 6) is 2.29. The number of methoxy groups -OCH3 is 1. The molecule has 12 heteroatoms. The zero-order valence-electron chi connectivity index (χ0n) is 32.8. The number of hydrogen-bond donors (Lipinski definition) is 2. The highest BCUT2D eigenvalue weighted by atomic mass is 16.6. The molecule has 53 heavy (non-hydrogen) atoms. The Bertz CT molecular complexity index is 1970. The molecule has 4 heterocycles. The van der Waals surface area contributed by atoms with Gasteiger partial charge in [0, 0.05) is 30.5 Å². The van der Waals surface area contributed by atoms with Gasteiger partial charge in [-0.1, -0.05) is 26.0 Å². The number of imidazole rings is 2. The molecule has 2 aliphatic heterocycles. The molecule has 2 amide bonds. The minimum Gasteiger partial charge on any atom is -0.488 e. The average Bonchev–Trinajstić information content (AvgIpc) is 3.73. The summed E-state index contributed by atoms with van der Waals surface area (Å²) in [6, 6.07) is 10.6. The number of likely N-dealkylation sites (tertiary alicyclic amines) is 1. The number of aromatic amines is 2. The van der Waals surface area contributed by atoms with Gasteiger partial charge in [0.15, 0.2) is 0 Å². The predicted octanol–water partition coefficient (Wildman–Crippen LogP) is 8.60. The number of carbonyl (C=O) groups is 2. The van der Waals surface area contributed by atoms with Crippen LogP contribution < -0.4 is 4.74 Å². The molecule has 2 N–H and O–H groups in total. The summed E-state index contributed by atoms with van der Waals surface area (Å²) in [6.07, 6.45) is 3.47. The molecule has 2 aromatic carbocycles. The van der Waals surface area contributed by atoms with Gasteiger partial charge in [-0.2, -0.15) is 0 Å². The van der Waals surface area contributed by atoms with E-state index in [1.807, 2.05) is 68.5 Å². The van der Waals surface area contributed by atoms with Crippen LogP contribution in [0.2, 0.25) is 0 Å². The van der Waals surface area contributed by atoms with E-state index in [1.54, 1.807) is 16.9 Å². The highest BCUT2D eigenvalue weighted by Gasteiger charge is 2.38. The molecule has 0 radical (unpaired) electrons. The monoisotopic (exact) mass is 726 g/mol. The third kappa shape index (κ3) is 8.22. The Morgan fingerprint density at radius 2 is 1.74 bits per heavy atom. The molecule has 1 fully saturated rings. The van der Waals surface area contributed by atoms with Gasteiger partial charge in [0.25, 0.3) is 0 Å². The van der Waals surface area contributed by atoms with Crippen molar-refractivity contribution in [3.05, 3.63) is 65.0 Å². The van der Waals surface area contributed by atoms with E-state index < -0.39 is 17.3 Å². The Hall–Kier alpha value is -4.84. The first-order valence-electron chi connectivity index (χ1n) is 18.7. The Morgan fingerprint density at radius 3 is 2.42 bits per heavy atom. The molecule has 12 nitrogen and oxygen atoms in total. The molecule has 1 saturated heterocycles. The van der Waals surface area contributed by atoms with Crippen LogP contribution in [0.25, 0.3) is 33.6 Å². The number of aromatic nitrogens is 4. The summed E-state index contributed by atoms with van der Waals surface area (Å²) in [5.41, 5.74) is 8.27. The van der Waals surface area contributed by atoms with E-state index in [9.17, 15) is 9.59 Å². The van der Waals surface area contributed by atoms with Crippen LogP contribution >= 0.6 is 0 Å². The molecule has 284 valence electrons. The van der Waals surface area contributed by atoms with Gasteiger partial charge in [0.1, 0.15) is 35.2 Å². The molecular formula is C41H54N6O6. The molecule has 2 unspecified atom stereocenters. The second kappa shape index (κ2) is 14.9. The molecule has 3 aliphatic rings. The maximum atomic E-state index is 13.1. The summed E-state index contributed by atoms with van der Waals surface area (Å²) < 4.78 is 23.1. The van der Waals surface area contributed by atoms with E-state index in [0.29, 0.717) is 25.5 Å². The molecule has 0 bridgehead atoms. The largest absolute Gasteiger partial charge is 0.488 e. The number of ether oxygens (including phenoxy) is 4. The van der Waals surface area contributed by atoms with Gasteiger partial charge in [-0.05, 0) is 108 Å². The predicted molar refractivity (Wildman–Crippen MR) is 204 cm³/mol. The number of nitrogens with one attached hydrogen (secondary N) is 2. The number of rotatable bonds is 7. The fraction of sp³-hybridized carbons (Fsp3) is 0.512. The van der Waals surface area contributed by atoms with E-state index in [0.717, 1.165) is 75.7 Å². The number of aryl methyl sites for hydroxylation is 2. The topological polar surface area (TPSA) is 135 Å². The summed E-state index contributed by atoms with van der Waals surface area (Å²) >= 11 is 0. The lowest BCUT2D eigenvalue weighted by atomic mass is 9.86. The lowest BCUT2D eigenvalue weighted by molar-refractivity contribution is -0.00727. The molecule has 0 spiro atoms. The van der Waals surface area contributed by atoms with Gasteiger partial charge in [-0.3, -0.25) is 9.80 Å². The average molecular weight is 727 g/mol. The smallest absolute Gasteiger partial charge is 0.410 e. The van der Waals surface area contributed by atoms with Gasteiger partial charge in [-0.25, -0.2) is 19.6 Å². The van der Waals surface area contributed by atoms with Crippen molar-refractivity contribution in [2.24, 2.45) is 0 Å². The quantitative estimate of drug-likeness (QED) is 0.193. The van der Waals surface area contributed by atoms with Gasteiger partial charge in [0.2, 0.25) is 0 Å². The first kappa shape index (κ1) is 37.9. The van der Waals surface area contributed by atoms with E-state index in [4.69, 9.17) is 23.9 Å². The molecular weight excluding hydrogens is 672 g/mol. The molecule has 2 aromatic heterocycles. The van der Waals surface area contributed by atoms with Gasteiger partial charge in [-0.15, -0.1) is 0 Å². The Balaban J connectivity index is 0.00000236. The zero-order chi connectivity index (χ0) is 38.2. The molecule has 1 aliphatic carbocycles. The summed E-state index contributed by atoms with van der Waals surface area (Å²) in [6.45, 7) is 18.9. The molecule has 2 atom stereocenters. The molecule has 7 rings (SSSR count). The minimum atomic E-state index is -0.614. The third-order valence-electron chi connectivity index (χ3n) is 9.45. The van der Waals surface area contributed by atoms with E-state index >= 15 is 0 Å². The standard InChI is InChI=1S/C39H48N6O6.C2H6/c1-22(48-8)19-44(36(46)50-38(2,3)4)20-33-41-29-12-10-23-16-28-26-11-9-24(15-25(26)21-49-32(28)17-27(23)34(29)43-33)30-18-40-35(42-30)31-13-14-45(31)37(47)51-39(5,6)7;1-2/h9,11,15-18,22,31H,10,12-14,19-21H2,1-8H3,(H,40,42)(H,41,43);1-2H3. The summed E-state index contributed by atoms with van der Waals surface area (Å²) in [7, 11) is 1.63. The van der Waals surface area contributed by atoms with Crippen molar-refractivity contribution in [1.29, 1.82) is 0 Å². The first-order valence-corrected chi connectivity index (χ1v) is 18.7. The summed E-state index contributed by atoms with van der Waals surface area (Å²) in [4.78, 5) is 45.7. The van der Waals surface area contributed by atoms with Crippen LogP contribution in [-0.2, 0) is 40.2 Å². The minimum absolute atomic E-state index is 0.123. The highest BCUT2D eigenvalue weighted by molar-refractivity contribution is 5.83. The number of H-pyrrole nitrogens is 2. The van der Waals surface area contributed by atoms with Gasteiger partial charge < -0.3 is 28.9 Å². The number of amides is 2. The number of benzene rings is 2. The van der Waals surface area contributed by atoms with Crippen LogP contribution in [0.3, 0.4) is 0 Å². The van der Waals surface area contributed by atoms with E-state index in [-0.39, 0.29) is 24.8 Å². The highest BCUT2D eigenvalue weighted by Crippen LogP contribution is 2.45. The van der Waals surface area contributed by atoms with Crippen molar-refractivity contribution in [2.75, 3.05) is 20.2 Å². The number of carbonyl (C=O) groups excluding carboxylic acids is 2. The maximum absolute atomic E-state index is 13.1. The SMILES string of the molecule is CC.COC(C)CN(Cc1nc2c([nH]1)CCc1cc3c(cc1-2)OCc1cc(-c2cnc(C4CCN4C(=O)OC(C)(C)C)[nH]2)ccc1-3)C(=O)OC(C)(C)C. The summed E-state index contributed by atoms with van der Waals surface area (Å²) in [5, 5.41) is 0. The van der Waals surface area contributed by atoms with Crippen LogP contribution in [-0.4, -0.2) is 79.4 Å². The Labute approximate surface area is 312 Å². The van der Waals surface area contributed by atoms with Gasteiger partial charge in [0.05, 0.1) is 42.8 Å². The lowest BCUT2D eigenvalue weighted by Crippen LogP contribution is -2.47. The van der Waals surface area contributed by atoms with Crippen molar-refractivity contribution < 1.29 is 28.5 Å². The fourth-order valence-corrected chi connectivity index (χ4v) is 6.84. The van der Waals surface area contributed by atoms with Crippen LogP contribution in [0.5, 0.6) is 5.75 Å². The van der Waals surface area contributed by atoms with Crippen molar-refractivity contribution in [3.63, 3.8) is 0 Å². The number of nitrogens with zero attached hydrogens (tertiary/aromatic N) is 4. The van der Waals surface area contributed by atoms with Crippen molar-refractivity contribution in [3.8, 4) is 39.4 Å². The molecule has 4 aromatic rings. The Morgan fingerprint density at radius 1 is 0.981 bits per heavy atom. The van der Waals surface area contributed by atoms with Crippen LogP contribution in [0.15, 0.2) is 36.5 Å². The van der Waals surface area contributed by atoms with Crippen LogP contribution in [0.4, 0.5) is 9.59 Å². The van der Waals surface area contributed by atoms with Crippen LogP contribution in [0, 0.1) is 0 Å². The second-order valence-electron chi connectivity index (χ2n) is 15.7. The molecule has 0 saturated carbocycles. The Kier molecular flexibility index (Phi) is 10.6. The zero-order valence-corrected chi connectivity index (χ0v) is 32.8. The normalized spacial score (nSPS) is 16.3. The van der Waals surface area contributed by atoms with Crippen molar-refractivity contribution in [2.45, 2.75) is 118 Å². The van der Waals surface area contributed by atoms with Crippen LogP contribution in [0.1, 0.15) is 103 Å². The van der Waals surface area contributed by atoms with Crippen molar-refractivity contribution in [1.82, 2.24) is 29.7 Å². The third-order valence-corrected chi connectivity index (χ3v) is 9.45. The first-order chi connectivity index (χ1) is 25.2. The van der Waals surface area contributed by atoms with E-state index in [2.05, 4.69) is 45.3 Å². The lowest BCUT2D eigenvalue weighted by Gasteiger charge is -2.40. The van der Waals surface area contributed by atoms with Crippen molar-refractivity contribution >= 4 is 12.2 Å².